The van der Waals surface area contributed by atoms with Crippen molar-refractivity contribution in [2.45, 2.75) is 50.0 Å². The maximum atomic E-state index is 12.0. The number of halogens is 1. The fourth-order valence-corrected chi connectivity index (χ4v) is 2.63. The van der Waals surface area contributed by atoms with Gasteiger partial charge in [-0.05, 0) is 20.8 Å². The molecule has 1 N–H and O–H groups in total. The summed E-state index contributed by atoms with van der Waals surface area (Å²) in [4.78, 5) is 13.5. The van der Waals surface area contributed by atoms with Crippen molar-refractivity contribution in [2.75, 3.05) is 13.2 Å². The lowest BCUT2D eigenvalue weighted by Crippen LogP contribution is -2.46. The van der Waals surface area contributed by atoms with Crippen molar-refractivity contribution in [3.8, 4) is 0 Å². The highest BCUT2D eigenvalue weighted by Gasteiger charge is 2.52. The number of hydrogen-bond donors (Lipinski definition) is 1. The van der Waals surface area contributed by atoms with E-state index in [0.717, 1.165) is 0 Å². The first-order chi connectivity index (χ1) is 7.79. The molecule has 2 heterocycles. The lowest BCUT2D eigenvalue weighted by atomic mass is 10.1. The first-order valence-corrected chi connectivity index (χ1v) is 6.16. The minimum atomic E-state index is -0.684. The number of alkyl halides is 1. The maximum Gasteiger partial charge on any atom is 0.410 e. The van der Waals surface area contributed by atoms with E-state index < -0.39 is 17.8 Å². The summed E-state index contributed by atoms with van der Waals surface area (Å²) in [5.74, 6) is 0. The van der Waals surface area contributed by atoms with Gasteiger partial charge in [0.25, 0.3) is 0 Å². The van der Waals surface area contributed by atoms with E-state index in [4.69, 9.17) is 21.1 Å². The molecule has 0 spiro atoms. The first kappa shape index (κ1) is 12.9. The van der Waals surface area contributed by atoms with Crippen molar-refractivity contribution in [3.05, 3.63) is 0 Å². The Kier molecular flexibility index (Phi) is 3.27. The second kappa shape index (κ2) is 4.30. The van der Waals surface area contributed by atoms with Crippen LogP contribution in [0.15, 0.2) is 0 Å². The van der Waals surface area contributed by atoms with Gasteiger partial charge < -0.3 is 14.6 Å². The van der Waals surface area contributed by atoms with Gasteiger partial charge in [-0.15, -0.1) is 11.6 Å². The minimum absolute atomic E-state index is 0.220. The van der Waals surface area contributed by atoms with Gasteiger partial charge in [0.2, 0.25) is 0 Å². The molecule has 17 heavy (non-hydrogen) atoms. The average Bonchev–Trinajstić information content (AvgIpc) is 2.67. The van der Waals surface area contributed by atoms with E-state index in [1.54, 1.807) is 20.8 Å². The number of aliphatic hydroxyl groups excluding tert-OH is 1. The molecule has 4 atom stereocenters. The Bertz CT molecular complexity index is 317. The van der Waals surface area contributed by atoms with E-state index >= 15 is 0 Å². The minimum Gasteiger partial charge on any atom is -0.444 e. The standard InChI is InChI=1S/C11H18ClNO4/c1-11(2,3)17-10(15)13-4-6(12)9-8(13)7(14)5-16-9/h6-9,14H,4-5H2,1-3H3. The van der Waals surface area contributed by atoms with Gasteiger partial charge in [-0.3, -0.25) is 4.90 Å². The Balaban J connectivity index is 2.08. The van der Waals surface area contributed by atoms with E-state index in [1.165, 1.54) is 4.90 Å². The van der Waals surface area contributed by atoms with Crippen molar-refractivity contribution in [3.63, 3.8) is 0 Å². The molecule has 2 aliphatic heterocycles. The highest BCUT2D eigenvalue weighted by Crippen LogP contribution is 2.33. The number of carbonyl (C=O) groups excluding carboxylic acids is 1. The summed E-state index contributed by atoms with van der Waals surface area (Å²) < 4.78 is 10.7. The van der Waals surface area contributed by atoms with Gasteiger partial charge in [0, 0.05) is 6.54 Å². The number of aliphatic hydroxyl groups is 1. The third-order valence-corrected chi connectivity index (χ3v) is 3.29. The second-order valence-corrected chi connectivity index (χ2v) is 6.07. The molecule has 2 rings (SSSR count). The Hall–Kier alpha value is -0.520. The number of amides is 1. The van der Waals surface area contributed by atoms with E-state index in [2.05, 4.69) is 0 Å². The molecule has 0 aliphatic carbocycles. The summed E-state index contributed by atoms with van der Waals surface area (Å²) in [5, 5.41) is 9.51. The molecule has 2 aliphatic rings. The molecule has 2 fully saturated rings. The molecule has 0 aromatic carbocycles. The third-order valence-electron chi connectivity index (χ3n) is 2.91. The van der Waals surface area contributed by atoms with Gasteiger partial charge in [-0.1, -0.05) is 0 Å². The average molecular weight is 264 g/mol. The lowest BCUT2D eigenvalue weighted by Gasteiger charge is -2.28. The van der Waals surface area contributed by atoms with E-state index in [1.807, 2.05) is 0 Å². The van der Waals surface area contributed by atoms with Crippen LogP contribution in [0.2, 0.25) is 0 Å². The van der Waals surface area contributed by atoms with Gasteiger partial charge in [-0.2, -0.15) is 0 Å². The number of nitrogens with zero attached hydrogens (tertiary/aromatic N) is 1. The molecule has 0 aromatic rings. The van der Waals surface area contributed by atoms with E-state index in [0.29, 0.717) is 6.54 Å². The number of likely N-dealkylation sites (tertiary alicyclic amines) is 1. The predicted molar refractivity (Wildman–Crippen MR) is 62.1 cm³/mol. The van der Waals surface area contributed by atoms with Gasteiger partial charge in [0.15, 0.2) is 0 Å². The molecule has 2 saturated heterocycles. The van der Waals surface area contributed by atoms with Crippen LogP contribution < -0.4 is 0 Å². The van der Waals surface area contributed by atoms with E-state index in [9.17, 15) is 9.90 Å². The largest absolute Gasteiger partial charge is 0.444 e. The summed E-state index contributed by atoms with van der Waals surface area (Å²) in [5.41, 5.74) is -0.554. The summed E-state index contributed by atoms with van der Waals surface area (Å²) in [6, 6.07) is -0.382. The maximum absolute atomic E-state index is 12.0. The zero-order chi connectivity index (χ0) is 12.8. The van der Waals surface area contributed by atoms with Gasteiger partial charge in [0.05, 0.1) is 24.1 Å². The summed E-state index contributed by atoms with van der Waals surface area (Å²) in [7, 11) is 0. The number of fused-ring (bicyclic) bond motifs is 1. The van der Waals surface area contributed by atoms with Crippen molar-refractivity contribution in [1.82, 2.24) is 4.90 Å². The SMILES string of the molecule is CC(C)(C)OC(=O)N1CC(Cl)C2OCC(O)C21. The van der Waals surface area contributed by atoms with Crippen LogP contribution in [0.1, 0.15) is 20.8 Å². The van der Waals surface area contributed by atoms with Crippen LogP contribution in [-0.2, 0) is 9.47 Å². The topological polar surface area (TPSA) is 59.0 Å². The molecule has 6 heteroatoms. The zero-order valence-corrected chi connectivity index (χ0v) is 11.0. The van der Waals surface area contributed by atoms with Crippen LogP contribution in [0.25, 0.3) is 0 Å². The van der Waals surface area contributed by atoms with Crippen LogP contribution >= 0.6 is 11.6 Å². The number of hydrogen-bond acceptors (Lipinski definition) is 4. The van der Waals surface area contributed by atoms with Crippen LogP contribution in [0.3, 0.4) is 0 Å². The number of ether oxygens (including phenoxy) is 2. The molecular weight excluding hydrogens is 246 g/mol. The van der Waals surface area contributed by atoms with Crippen LogP contribution in [0.4, 0.5) is 4.79 Å². The first-order valence-electron chi connectivity index (χ1n) is 5.73. The molecule has 98 valence electrons. The van der Waals surface area contributed by atoms with Crippen LogP contribution in [0, 0.1) is 0 Å². The van der Waals surface area contributed by atoms with Crippen molar-refractivity contribution < 1.29 is 19.4 Å². The number of rotatable bonds is 0. The Labute approximate surface area is 106 Å². The van der Waals surface area contributed by atoms with Gasteiger partial charge in [-0.25, -0.2) is 4.79 Å². The van der Waals surface area contributed by atoms with E-state index in [-0.39, 0.29) is 24.1 Å². The molecule has 0 saturated carbocycles. The smallest absolute Gasteiger partial charge is 0.410 e. The molecule has 5 nitrogen and oxygen atoms in total. The highest BCUT2D eigenvalue weighted by atomic mass is 35.5. The van der Waals surface area contributed by atoms with Gasteiger partial charge in [0.1, 0.15) is 11.7 Å². The molecular formula is C11H18ClNO4. The van der Waals surface area contributed by atoms with Gasteiger partial charge >= 0.3 is 6.09 Å². The molecule has 0 aromatic heterocycles. The monoisotopic (exact) mass is 263 g/mol. The number of carbonyl (C=O) groups is 1. The molecule has 1 amide bonds. The normalized spacial score (nSPS) is 37.1. The Morgan fingerprint density at radius 1 is 1.53 bits per heavy atom. The lowest BCUT2D eigenvalue weighted by molar-refractivity contribution is 0.0105. The summed E-state index contributed by atoms with van der Waals surface area (Å²) in [6.45, 7) is 5.98. The fraction of sp³-hybridized carbons (Fsp3) is 0.909. The highest BCUT2D eigenvalue weighted by molar-refractivity contribution is 6.21. The second-order valence-electron chi connectivity index (χ2n) is 5.50. The predicted octanol–water partition coefficient (Wildman–Crippen LogP) is 0.973. The van der Waals surface area contributed by atoms with Crippen LogP contribution in [-0.4, -0.2) is 58.5 Å². The van der Waals surface area contributed by atoms with Crippen LogP contribution in [0.5, 0.6) is 0 Å². The molecule has 0 bridgehead atoms. The Morgan fingerprint density at radius 2 is 2.18 bits per heavy atom. The summed E-state index contributed by atoms with van der Waals surface area (Å²) in [6.07, 6.45) is -1.42. The molecule has 4 unspecified atom stereocenters. The van der Waals surface area contributed by atoms with Crippen molar-refractivity contribution >= 4 is 17.7 Å². The van der Waals surface area contributed by atoms with Crippen molar-refractivity contribution in [2.24, 2.45) is 0 Å². The quantitative estimate of drug-likeness (QED) is 0.662. The molecule has 0 radical (unpaired) electrons. The third kappa shape index (κ3) is 2.51. The van der Waals surface area contributed by atoms with Crippen molar-refractivity contribution in [1.29, 1.82) is 0 Å². The Morgan fingerprint density at radius 3 is 2.76 bits per heavy atom. The zero-order valence-electron chi connectivity index (χ0n) is 10.2. The summed E-state index contributed by atoms with van der Waals surface area (Å²) >= 11 is 6.10. The fourth-order valence-electron chi connectivity index (χ4n) is 2.26.